The van der Waals surface area contributed by atoms with Crippen LogP contribution in [0.1, 0.15) is 43.8 Å². The number of rotatable bonds is 5. The fourth-order valence-electron chi connectivity index (χ4n) is 2.55. The van der Waals surface area contributed by atoms with Gasteiger partial charge in [-0.2, -0.15) is 4.98 Å². The van der Waals surface area contributed by atoms with Crippen molar-refractivity contribution in [3.05, 3.63) is 11.7 Å². The van der Waals surface area contributed by atoms with E-state index >= 15 is 0 Å². The van der Waals surface area contributed by atoms with Crippen LogP contribution in [0.3, 0.4) is 0 Å². The van der Waals surface area contributed by atoms with Gasteiger partial charge in [-0.3, -0.25) is 0 Å². The van der Waals surface area contributed by atoms with Gasteiger partial charge >= 0.3 is 0 Å². The smallest absolute Gasteiger partial charge is 0.226 e. The lowest BCUT2D eigenvalue weighted by Crippen LogP contribution is -2.27. The van der Waals surface area contributed by atoms with Crippen molar-refractivity contribution in [3.8, 4) is 0 Å². The first-order valence-electron chi connectivity index (χ1n) is 6.92. The number of hydrogen-bond acceptors (Lipinski definition) is 4. The van der Waals surface area contributed by atoms with Crippen LogP contribution >= 0.6 is 0 Å². The van der Waals surface area contributed by atoms with Crippen LogP contribution in [0, 0.1) is 11.8 Å². The molecular weight excluding hydrogens is 214 g/mol. The van der Waals surface area contributed by atoms with Crippen LogP contribution in [0.5, 0.6) is 0 Å². The Labute approximate surface area is 102 Å². The molecule has 0 unspecified atom stereocenters. The van der Waals surface area contributed by atoms with Crippen LogP contribution < -0.4 is 5.32 Å². The van der Waals surface area contributed by atoms with Gasteiger partial charge in [0.05, 0.1) is 0 Å². The number of hydrogen-bond donors (Lipinski definition) is 1. The predicted molar refractivity (Wildman–Crippen MR) is 64.6 cm³/mol. The molecule has 17 heavy (non-hydrogen) atoms. The average molecular weight is 235 g/mol. The summed E-state index contributed by atoms with van der Waals surface area (Å²) < 4.78 is 5.31. The van der Waals surface area contributed by atoms with Crippen molar-refractivity contribution in [3.63, 3.8) is 0 Å². The first kappa shape index (κ1) is 11.2. The van der Waals surface area contributed by atoms with Gasteiger partial charge in [0.15, 0.2) is 5.82 Å². The molecule has 4 heteroatoms. The molecule has 0 bridgehead atoms. The van der Waals surface area contributed by atoms with Crippen molar-refractivity contribution >= 4 is 0 Å². The highest BCUT2D eigenvalue weighted by Gasteiger charge is 2.24. The summed E-state index contributed by atoms with van der Waals surface area (Å²) in [7, 11) is 0. The summed E-state index contributed by atoms with van der Waals surface area (Å²) in [6.45, 7) is 2.34. The van der Waals surface area contributed by atoms with E-state index in [0.717, 1.165) is 36.4 Å². The van der Waals surface area contributed by atoms with Crippen LogP contribution in [0.25, 0.3) is 0 Å². The lowest BCUT2D eigenvalue weighted by Gasteiger charge is -2.21. The Balaban J connectivity index is 1.45. The molecule has 1 aromatic heterocycles. The molecule has 1 saturated heterocycles. The molecule has 0 amide bonds. The summed E-state index contributed by atoms with van der Waals surface area (Å²) >= 11 is 0. The maximum atomic E-state index is 5.31. The fourth-order valence-corrected chi connectivity index (χ4v) is 2.55. The molecule has 2 aliphatic rings. The highest BCUT2D eigenvalue weighted by molar-refractivity contribution is 4.92. The van der Waals surface area contributed by atoms with Crippen LogP contribution in [0.2, 0.25) is 0 Å². The van der Waals surface area contributed by atoms with Gasteiger partial charge in [0.25, 0.3) is 0 Å². The van der Waals surface area contributed by atoms with E-state index in [1.54, 1.807) is 0 Å². The highest BCUT2D eigenvalue weighted by Crippen LogP contribution is 2.31. The minimum Gasteiger partial charge on any atom is -0.339 e. The Morgan fingerprint density at radius 3 is 2.71 bits per heavy atom. The molecule has 94 valence electrons. The van der Waals surface area contributed by atoms with E-state index in [0.29, 0.717) is 0 Å². The first-order chi connectivity index (χ1) is 8.40. The zero-order valence-electron chi connectivity index (χ0n) is 10.3. The second kappa shape index (κ2) is 5.17. The van der Waals surface area contributed by atoms with Crippen molar-refractivity contribution in [1.82, 2.24) is 15.5 Å². The van der Waals surface area contributed by atoms with E-state index in [9.17, 15) is 0 Å². The Bertz CT molecular complexity index is 353. The molecule has 1 aliphatic carbocycles. The minimum atomic E-state index is 0.838. The zero-order chi connectivity index (χ0) is 11.5. The van der Waals surface area contributed by atoms with E-state index in [2.05, 4.69) is 15.5 Å². The van der Waals surface area contributed by atoms with Crippen molar-refractivity contribution in [1.29, 1.82) is 0 Å². The topological polar surface area (TPSA) is 51.0 Å². The third-order valence-electron chi connectivity index (χ3n) is 3.90. The van der Waals surface area contributed by atoms with Gasteiger partial charge < -0.3 is 9.84 Å². The van der Waals surface area contributed by atoms with Crippen molar-refractivity contribution in [2.24, 2.45) is 11.8 Å². The third kappa shape index (κ3) is 3.28. The number of piperidine rings is 1. The van der Waals surface area contributed by atoms with Crippen molar-refractivity contribution in [2.45, 2.75) is 44.9 Å². The summed E-state index contributed by atoms with van der Waals surface area (Å²) in [6, 6.07) is 0. The largest absolute Gasteiger partial charge is 0.339 e. The van der Waals surface area contributed by atoms with Crippen molar-refractivity contribution < 1.29 is 4.52 Å². The molecule has 1 aliphatic heterocycles. The monoisotopic (exact) mass is 235 g/mol. The molecule has 3 rings (SSSR count). The molecule has 4 nitrogen and oxygen atoms in total. The molecule has 0 radical (unpaired) electrons. The van der Waals surface area contributed by atoms with E-state index in [1.165, 1.54) is 45.2 Å². The van der Waals surface area contributed by atoms with Crippen LogP contribution in [-0.4, -0.2) is 23.2 Å². The molecule has 1 N–H and O–H groups in total. The Kier molecular flexibility index (Phi) is 3.41. The second-order valence-electron chi connectivity index (χ2n) is 5.48. The maximum absolute atomic E-state index is 5.31. The summed E-state index contributed by atoms with van der Waals surface area (Å²) in [6.07, 6.45) is 8.47. The average Bonchev–Trinajstić information content (AvgIpc) is 3.06. The van der Waals surface area contributed by atoms with Gasteiger partial charge in [0, 0.05) is 12.8 Å². The third-order valence-corrected chi connectivity index (χ3v) is 3.90. The van der Waals surface area contributed by atoms with Gasteiger partial charge in [-0.25, -0.2) is 0 Å². The number of aromatic nitrogens is 2. The van der Waals surface area contributed by atoms with Gasteiger partial charge in [-0.1, -0.05) is 5.16 Å². The molecule has 2 heterocycles. The van der Waals surface area contributed by atoms with Crippen molar-refractivity contribution in [2.75, 3.05) is 13.1 Å². The molecular formula is C13H21N3O. The second-order valence-corrected chi connectivity index (χ2v) is 5.48. The molecule has 2 fully saturated rings. The zero-order valence-corrected chi connectivity index (χ0v) is 10.3. The van der Waals surface area contributed by atoms with Crippen LogP contribution in [-0.2, 0) is 12.8 Å². The maximum Gasteiger partial charge on any atom is 0.226 e. The van der Waals surface area contributed by atoms with E-state index < -0.39 is 0 Å². The summed E-state index contributed by atoms with van der Waals surface area (Å²) in [5, 5.41) is 7.46. The Morgan fingerprint density at radius 2 is 1.94 bits per heavy atom. The molecule has 0 atom stereocenters. The minimum absolute atomic E-state index is 0.838. The summed E-state index contributed by atoms with van der Waals surface area (Å²) in [4.78, 5) is 4.48. The molecule has 0 aromatic carbocycles. The number of nitrogens with one attached hydrogen (secondary N) is 1. The standard InChI is InChI=1S/C13H21N3O/c1-2-11(1)9-12-15-13(17-16-12)4-3-10-5-7-14-8-6-10/h10-11,14H,1-9H2. The lowest BCUT2D eigenvalue weighted by atomic mass is 9.93. The molecule has 1 saturated carbocycles. The lowest BCUT2D eigenvalue weighted by molar-refractivity contribution is 0.323. The molecule has 1 aromatic rings. The van der Waals surface area contributed by atoms with E-state index in [4.69, 9.17) is 4.52 Å². The van der Waals surface area contributed by atoms with Gasteiger partial charge in [-0.15, -0.1) is 0 Å². The van der Waals surface area contributed by atoms with E-state index in [-0.39, 0.29) is 0 Å². The van der Waals surface area contributed by atoms with E-state index in [1.807, 2.05) is 0 Å². The summed E-state index contributed by atoms with van der Waals surface area (Å²) in [5.41, 5.74) is 0. The Morgan fingerprint density at radius 1 is 1.12 bits per heavy atom. The number of nitrogens with zero attached hydrogens (tertiary/aromatic N) is 2. The quantitative estimate of drug-likeness (QED) is 0.847. The highest BCUT2D eigenvalue weighted by atomic mass is 16.5. The van der Waals surface area contributed by atoms with Gasteiger partial charge in [0.2, 0.25) is 5.89 Å². The van der Waals surface area contributed by atoms with Crippen LogP contribution in [0.4, 0.5) is 0 Å². The summed E-state index contributed by atoms with van der Waals surface area (Å²) in [5.74, 6) is 3.45. The van der Waals surface area contributed by atoms with Gasteiger partial charge in [0.1, 0.15) is 0 Å². The molecule has 0 spiro atoms. The Hall–Kier alpha value is -0.900. The first-order valence-corrected chi connectivity index (χ1v) is 6.92. The fraction of sp³-hybridized carbons (Fsp3) is 0.846. The SMILES string of the molecule is C1CC(CCc2nc(CC3CC3)no2)CCN1. The normalized spacial score (nSPS) is 21.9. The predicted octanol–water partition coefficient (Wildman–Crippen LogP) is 1.95. The number of aryl methyl sites for hydroxylation is 1. The van der Waals surface area contributed by atoms with Crippen LogP contribution in [0.15, 0.2) is 4.52 Å². The van der Waals surface area contributed by atoms with Gasteiger partial charge in [-0.05, 0) is 57.0 Å².